The summed E-state index contributed by atoms with van der Waals surface area (Å²) in [7, 11) is 0. The van der Waals surface area contributed by atoms with Crippen LogP contribution in [0, 0.1) is 0 Å². The van der Waals surface area contributed by atoms with Crippen LogP contribution in [0.15, 0.2) is 9.98 Å². The molecule has 5 heteroatoms. The van der Waals surface area contributed by atoms with Crippen LogP contribution in [0.3, 0.4) is 0 Å². The molecule has 4 unspecified atom stereocenters. The second kappa shape index (κ2) is 4.35. The third-order valence-electron chi connectivity index (χ3n) is 3.26. The van der Waals surface area contributed by atoms with Gasteiger partial charge in [0.05, 0.1) is 18.2 Å². The summed E-state index contributed by atoms with van der Waals surface area (Å²) in [5.74, 6) is 1.09. The minimum atomic E-state index is -0.111. The Morgan fingerprint density at radius 2 is 2.12 bits per heavy atom. The van der Waals surface area contributed by atoms with E-state index in [-0.39, 0.29) is 6.10 Å². The van der Waals surface area contributed by atoms with E-state index in [0.717, 1.165) is 35.1 Å². The first-order valence-corrected chi connectivity index (χ1v) is 7.72. The fraction of sp³-hybridized carbons (Fsp3) is 0.818. The first kappa shape index (κ1) is 11.1. The number of aliphatic imine (C=N–C) groups is 2. The van der Waals surface area contributed by atoms with Crippen molar-refractivity contribution in [1.29, 1.82) is 0 Å². The molecule has 2 aliphatic heterocycles. The van der Waals surface area contributed by atoms with E-state index in [4.69, 9.17) is 4.99 Å². The van der Waals surface area contributed by atoms with Gasteiger partial charge in [-0.05, 0) is 26.2 Å². The maximum Gasteiger partial charge on any atom is 0.123 e. The second-order valence-corrected chi connectivity index (χ2v) is 6.96. The van der Waals surface area contributed by atoms with Crippen molar-refractivity contribution in [2.24, 2.45) is 9.98 Å². The molecule has 0 amide bonds. The van der Waals surface area contributed by atoms with E-state index >= 15 is 0 Å². The van der Waals surface area contributed by atoms with Crippen molar-refractivity contribution in [2.75, 3.05) is 5.75 Å². The SMILES string of the molecule is CC1CSC(C2=NC3CCC(O)CC3S2)=N1. The number of aliphatic hydroxyl groups is 1. The Bertz CT molecular complexity index is 356. The quantitative estimate of drug-likeness (QED) is 0.780. The molecule has 3 nitrogen and oxygen atoms in total. The molecule has 1 aliphatic carbocycles. The van der Waals surface area contributed by atoms with Crippen molar-refractivity contribution in [3.63, 3.8) is 0 Å². The Kier molecular flexibility index (Phi) is 3.02. The molecule has 1 saturated carbocycles. The lowest BCUT2D eigenvalue weighted by Crippen LogP contribution is -2.30. The molecular formula is C11H16N2OS2. The third kappa shape index (κ3) is 2.05. The van der Waals surface area contributed by atoms with Gasteiger partial charge >= 0.3 is 0 Å². The number of fused-ring (bicyclic) bond motifs is 1. The summed E-state index contributed by atoms with van der Waals surface area (Å²) in [6, 6.07) is 0.874. The molecule has 3 aliphatic rings. The summed E-state index contributed by atoms with van der Waals surface area (Å²) in [6.07, 6.45) is 2.74. The highest BCUT2D eigenvalue weighted by molar-refractivity contribution is 8.25. The Labute approximate surface area is 104 Å². The zero-order valence-corrected chi connectivity index (χ0v) is 10.9. The molecule has 0 aromatic heterocycles. The van der Waals surface area contributed by atoms with Crippen molar-refractivity contribution in [3.05, 3.63) is 0 Å². The zero-order chi connectivity index (χ0) is 11.1. The molecule has 0 bridgehead atoms. The van der Waals surface area contributed by atoms with Gasteiger partial charge in [-0.3, -0.25) is 9.98 Å². The van der Waals surface area contributed by atoms with E-state index in [9.17, 15) is 5.11 Å². The average Bonchev–Trinajstić information content (AvgIpc) is 2.83. The molecule has 0 aromatic rings. The molecule has 16 heavy (non-hydrogen) atoms. The highest BCUT2D eigenvalue weighted by Gasteiger charge is 2.37. The van der Waals surface area contributed by atoms with Crippen molar-refractivity contribution in [1.82, 2.24) is 0 Å². The van der Waals surface area contributed by atoms with E-state index in [1.807, 2.05) is 23.5 Å². The third-order valence-corrected chi connectivity index (χ3v) is 5.94. The summed E-state index contributed by atoms with van der Waals surface area (Å²) in [5, 5.41) is 12.4. The molecule has 0 spiro atoms. The normalized spacial score (nSPS) is 42.9. The fourth-order valence-electron chi connectivity index (χ4n) is 2.39. The van der Waals surface area contributed by atoms with Gasteiger partial charge in [-0.1, -0.05) is 11.8 Å². The molecule has 2 heterocycles. The van der Waals surface area contributed by atoms with Crippen LogP contribution in [0.5, 0.6) is 0 Å². The van der Waals surface area contributed by atoms with Gasteiger partial charge in [0, 0.05) is 11.0 Å². The topological polar surface area (TPSA) is 45.0 Å². The first-order valence-electron chi connectivity index (χ1n) is 5.86. The Morgan fingerprint density at radius 3 is 2.88 bits per heavy atom. The van der Waals surface area contributed by atoms with Crippen LogP contribution in [-0.2, 0) is 0 Å². The number of hydrogen-bond acceptors (Lipinski definition) is 5. The van der Waals surface area contributed by atoms with Crippen LogP contribution in [0.25, 0.3) is 0 Å². The van der Waals surface area contributed by atoms with Crippen molar-refractivity contribution < 1.29 is 5.11 Å². The van der Waals surface area contributed by atoms with Gasteiger partial charge in [0.25, 0.3) is 0 Å². The highest BCUT2D eigenvalue weighted by atomic mass is 32.2. The van der Waals surface area contributed by atoms with Crippen LogP contribution in [0.4, 0.5) is 0 Å². The smallest absolute Gasteiger partial charge is 0.123 e. The van der Waals surface area contributed by atoms with Crippen LogP contribution in [-0.4, -0.2) is 44.4 Å². The molecule has 0 saturated heterocycles. The van der Waals surface area contributed by atoms with E-state index in [1.165, 1.54) is 0 Å². The molecule has 3 rings (SSSR count). The summed E-state index contributed by atoms with van der Waals surface area (Å²) < 4.78 is 0. The molecule has 1 fully saturated rings. The Hall–Kier alpha value is -0.0000000000000000833. The standard InChI is InChI=1S/C11H16N2OS2/c1-6-5-15-10(12-6)11-13-8-3-2-7(14)4-9(8)16-11/h6-9,14H,2-5H2,1H3. The Balaban J connectivity index is 1.73. The number of hydrogen-bond donors (Lipinski definition) is 1. The maximum atomic E-state index is 9.65. The lowest BCUT2D eigenvalue weighted by molar-refractivity contribution is 0.127. The number of aliphatic hydroxyl groups excluding tert-OH is 1. The number of thioether (sulfide) groups is 2. The van der Waals surface area contributed by atoms with Gasteiger partial charge in [-0.25, -0.2) is 0 Å². The summed E-state index contributed by atoms with van der Waals surface area (Å²) in [5.41, 5.74) is 0. The number of rotatable bonds is 1. The number of nitrogens with zero attached hydrogens (tertiary/aromatic N) is 2. The first-order chi connectivity index (χ1) is 7.72. The largest absolute Gasteiger partial charge is 0.393 e. The van der Waals surface area contributed by atoms with E-state index in [1.54, 1.807) is 0 Å². The van der Waals surface area contributed by atoms with Crippen molar-refractivity contribution in [3.8, 4) is 0 Å². The molecule has 88 valence electrons. The van der Waals surface area contributed by atoms with Crippen molar-refractivity contribution >= 4 is 33.6 Å². The molecule has 0 aromatic carbocycles. The van der Waals surface area contributed by atoms with E-state index in [2.05, 4.69) is 11.9 Å². The van der Waals surface area contributed by atoms with Crippen LogP contribution >= 0.6 is 23.5 Å². The molecular weight excluding hydrogens is 240 g/mol. The van der Waals surface area contributed by atoms with Crippen LogP contribution in [0.1, 0.15) is 26.2 Å². The summed E-state index contributed by atoms with van der Waals surface area (Å²) in [4.78, 5) is 9.39. The van der Waals surface area contributed by atoms with E-state index < -0.39 is 0 Å². The van der Waals surface area contributed by atoms with Gasteiger partial charge in [-0.15, -0.1) is 11.8 Å². The van der Waals surface area contributed by atoms with Gasteiger partial charge < -0.3 is 5.11 Å². The van der Waals surface area contributed by atoms with Gasteiger partial charge in [-0.2, -0.15) is 0 Å². The zero-order valence-electron chi connectivity index (χ0n) is 9.30. The Morgan fingerprint density at radius 1 is 1.25 bits per heavy atom. The predicted molar refractivity (Wildman–Crippen MR) is 71.8 cm³/mol. The fourth-order valence-corrected chi connectivity index (χ4v) is 4.92. The predicted octanol–water partition coefficient (Wildman–Crippen LogP) is 1.95. The van der Waals surface area contributed by atoms with Gasteiger partial charge in [0.2, 0.25) is 0 Å². The monoisotopic (exact) mass is 256 g/mol. The second-order valence-electron chi connectivity index (χ2n) is 4.72. The minimum Gasteiger partial charge on any atom is -0.393 e. The lowest BCUT2D eigenvalue weighted by atomic mass is 9.93. The summed E-state index contributed by atoms with van der Waals surface area (Å²) >= 11 is 3.67. The molecule has 4 atom stereocenters. The molecule has 1 N–H and O–H groups in total. The van der Waals surface area contributed by atoms with E-state index in [0.29, 0.717) is 17.3 Å². The van der Waals surface area contributed by atoms with Gasteiger partial charge in [0.15, 0.2) is 0 Å². The minimum absolute atomic E-state index is 0.111. The van der Waals surface area contributed by atoms with Crippen LogP contribution in [0.2, 0.25) is 0 Å². The van der Waals surface area contributed by atoms with Crippen LogP contribution < -0.4 is 0 Å². The maximum absolute atomic E-state index is 9.65. The average molecular weight is 256 g/mol. The van der Waals surface area contributed by atoms with Gasteiger partial charge in [0.1, 0.15) is 10.1 Å². The highest BCUT2D eigenvalue weighted by Crippen LogP contribution is 2.39. The lowest BCUT2D eigenvalue weighted by Gasteiger charge is -2.26. The molecule has 0 radical (unpaired) electrons. The summed E-state index contributed by atoms with van der Waals surface area (Å²) in [6.45, 7) is 2.15. The van der Waals surface area contributed by atoms with Crippen molar-refractivity contribution in [2.45, 2.75) is 49.6 Å².